The summed E-state index contributed by atoms with van der Waals surface area (Å²) in [4.78, 5) is 19.6. The van der Waals surface area contributed by atoms with Gasteiger partial charge in [-0.2, -0.15) is 10.1 Å². The lowest BCUT2D eigenvalue weighted by molar-refractivity contribution is 0.426. The molecular weight excluding hydrogens is 377 g/mol. The average Bonchev–Trinajstić information content (AvgIpc) is 3.37. The molecule has 0 aliphatic rings. The van der Waals surface area contributed by atoms with Crippen LogP contribution in [-0.2, 0) is 0 Å². The van der Waals surface area contributed by atoms with Crippen LogP contribution in [-0.4, -0.2) is 30.0 Å². The summed E-state index contributed by atoms with van der Waals surface area (Å²) in [5.74, 6) is -0.705. The van der Waals surface area contributed by atoms with E-state index >= 15 is 0 Å². The number of benzene rings is 2. The van der Waals surface area contributed by atoms with Crippen LogP contribution in [0.5, 0.6) is 5.75 Å². The number of nitrogens with zero attached hydrogens (tertiary/aromatic N) is 4. The van der Waals surface area contributed by atoms with Crippen molar-refractivity contribution in [2.75, 3.05) is 0 Å². The van der Waals surface area contributed by atoms with Gasteiger partial charge >= 0.3 is 0 Å². The first-order valence-corrected chi connectivity index (χ1v) is 8.60. The van der Waals surface area contributed by atoms with Gasteiger partial charge < -0.3 is 14.6 Å². The number of aromatic nitrogens is 5. The Labute approximate surface area is 161 Å². The molecule has 0 atom stereocenters. The molecular formula is C20H12FN5O3. The third-order valence-corrected chi connectivity index (χ3v) is 4.46. The Balaban J connectivity index is 1.63. The van der Waals surface area contributed by atoms with Crippen molar-refractivity contribution in [2.45, 2.75) is 0 Å². The Bertz CT molecular complexity index is 1390. The van der Waals surface area contributed by atoms with E-state index in [1.165, 1.54) is 35.1 Å². The summed E-state index contributed by atoms with van der Waals surface area (Å²) in [6, 6.07) is 14.7. The number of hydrogen-bond donors (Lipinski definition) is 2. The lowest BCUT2D eigenvalue weighted by Crippen LogP contribution is -2.11. The maximum absolute atomic E-state index is 13.1. The molecule has 0 aliphatic heterocycles. The second-order valence-electron chi connectivity index (χ2n) is 6.26. The second-order valence-corrected chi connectivity index (χ2v) is 6.26. The average molecular weight is 389 g/mol. The van der Waals surface area contributed by atoms with Gasteiger partial charge in [-0.05, 0) is 36.4 Å². The van der Waals surface area contributed by atoms with Gasteiger partial charge in [0.05, 0.1) is 17.3 Å². The van der Waals surface area contributed by atoms with Crippen LogP contribution in [0.1, 0.15) is 0 Å². The topological polar surface area (TPSA) is 110 Å². The van der Waals surface area contributed by atoms with E-state index in [1.807, 2.05) is 30.3 Å². The maximum atomic E-state index is 13.1. The molecule has 0 unspecified atom stereocenters. The molecule has 0 saturated carbocycles. The molecule has 8 nitrogen and oxygen atoms in total. The molecule has 3 heterocycles. The Morgan fingerprint density at radius 2 is 1.83 bits per heavy atom. The van der Waals surface area contributed by atoms with Crippen LogP contribution in [0.3, 0.4) is 0 Å². The number of hydrogen-bond acceptors (Lipinski definition) is 6. The van der Waals surface area contributed by atoms with E-state index in [0.29, 0.717) is 16.6 Å². The fraction of sp³-hybridized carbons (Fsp3) is 0. The zero-order chi connectivity index (χ0) is 20.0. The number of pyridine rings is 1. The molecule has 142 valence electrons. The predicted octanol–water partition coefficient (Wildman–Crippen LogP) is 3.28. The van der Waals surface area contributed by atoms with E-state index in [1.54, 1.807) is 0 Å². The summed E-state index contributed by atoms with van der Waals surface area (Å²) in [5.41, 5.74) is 0.797. The predicted molar refractivity (Wildman–Crippen MR) is 102 cm³/mol. The fourth-order valence-corrected chi connectivity index (χ4v) is 3.06. The van der Waals surface area contributed by atoms with Crippen LogP contribution in [0.2, 0.25) is 0 Å². The molecule has 0 bridgehead atoms. The third-order valence-electron chi connectivity index (χ3n) is 4.46. The van der Waals surface area contributed by atoms with Gasteiger partial charge in [0.2, 0.25) is 5.82 Å². The van der Waals surface area contributed by atoms with Crippen LogP contribution in [0.15, 0.2) is 70.1 Å². The third kappa shape index (κ3) is 2.76. The van der Waals surface area contributed by atoms with E-state index in [4.69, 9.17) is 4.52 Å². The molecule has 9 heteroatoms. The highest BCUT2D eigenvalue weighted by molar-refractivity contribution is 5.89. The van der Waals surface area contributed by atoms with Crippen molar-refractivity contribution in [3.8, 4) is 34.3 Å². The van der Waals surface area contributed by atoms with Crippen molar-refractivity contribution in [1.82, 2.24) is 24.9 Å². The number of rotatable bonds is 3. The molecule has 0 spiro atoms. The number of aromatic amines is 1. The van der Waals surface area contributed by atoms with E-state index in [-0.39, 0.29) is 23.0 Å². The van der Waals surface area contributed by atoms with Crippen molar-refractivity contribution >= 4 is 11.0 Å². The molecule has 0 amide bonds. The highest BCUT2D eigenvalue weighted by Gasteiger charge is 2.22. The van der Waals surface area contributed by atoms with Gasteiger partial charge in [-0.3, -0.25) is 4.79 Å². The molecule has 0 saturated heterocycles. The maximum Gasteiger partial charge on any atom is 0.267 e. The molecule has 5 rings (SSSR count). The normalized spacial score (nSPS) is 11.2. The largest absolute Gasteiger partial charge is 0.506 e. The van der Waals surface area contributed by atoms with Gasteiger partial charge in [0.1, 0.15) is 22.8 Å². The smallest absolute Gasteiger partial charge is 0.267 e. The minimum Gasteiger partial charge on any atom is -0.506 e. The zero-order valence-corrected chi connectivity index (χ0v) is 14.7. The summed E-state index contributed by atoms with van der Waals surface area (Å²) in [6.07, 6.45) is 1.44. The lowest BCUT2D eigenvalue weighted by atomic mass is 10.2. The molecule has 2 aromatic carbocycles. The molecule has 29 heavy (non-hydrogen) atoms. The molecule has 0 aliphatic carbocycles. The first-order valence-electron chi connectivity index (χ1n) is 8.60. The van der Waals surface area contributed by atoms with E-state index < -0.39 is 11.4 Å². The number of para-hydroxylation sites is 1. The number of halogens is 1. The van der Waals surface area contributed by atoms with Crippen LogP contribution in [0.25, 0.3) is 39.6 Å². The quantitative estimate of drug-likeness (QED) is 0.490. The molecule has 3 aromatic heterocycles. The van der Waals surface area contributed by atoms with E-state index in [0.717, 1.165) is 5.69 Å². The highest BCUT2D eigenvalue weighted by atomic mass is 19.1. The summed E-state index contributed by atoms with van der Waals surface area (Å²) < 4.78 is 19.8. The lowest BCUT2D eigenvalue weighted by Gasteiger charge is -2.04. The first kappa shape index (κ1) is 16.9. The summed E-state index contributed by atoms with van der Waals surface area (Å²) in [5, 5.41) is 19.1. The fourth-order valence-electron chi connectivity index (χ4n) is 3.06. The van der Waals surface area contributed by atoms with Crippen molar-refractivity contribution in [1.29, 1.82) is 0 Å². The number of nitrogens with one attached hydrogen (secondary N) is 1. The number of aromatic hydroxyl groups is 1. The van der Waals surface area contributed by atoms with Crippen LogP contribution in [0.4, 0.5) is 4.39 Å². The van der Waals surface area contributed by atoms with Crippen LogP contribution >= 0.6 is 0 Å². The highest BCUT2D eigenvalue weighted by Crippen LogP contribution is 2.32. The minimum atomic E-state index is -0.609. The van der Waals surface area contributed by atoms with Gasteiger partial charge in [-0.15, -0.1) is 0 Å². The first-order chi connectivity index (χ1) is 14.1. The molecule has 0 fully saturated rings. The summed E-state index contributed by atoms with van der Waals surface area (Å²) in [7, 11) is 0. The van der Waals surface area contributed by atoms with Gasteiger partial charge in [0, 0.05) is 5.56 Å². The molecule has 0 radical (unpaired) electrons. The van der Waals surface area contributed by atoms with E-state index in [9.17, 15) is 14.3 Å². The molecule has 2 N–H and O–H groups in total. The van der Waals surface area contributed by atoms with E-state index in [2.05, 4.69) is 20.2 Å². The van der Waals surface area contributed by atoms with Gasteiger partial charge in [0.15, 0.2) is 0 Å². The van der Waals surface area contributed by atoms with Crippen LogP contribution < -0.4 is 5.56 Å². The van der Waals surface area contributed by atoms with Crippen molar-refractivity contribution in [3.63, 3.8) is 0 Å². The number of H-pyrrole nitrogens is 1. The minimum absolute atomic E-state index is 0.155. The van der Waals surface area contributed by atoms with Gasteiger partial charge in [-0.25, -0.2) is 9.07 Å². The van der Waals surface area contributed by atoms with Crippen molar-refractivity contribution in [3.05, 3.63) is 77.0 Å². The molecule has 5 aromatic rings. The second kappa shape index (κ2) is 6.41. The van der Waals surface area contributed by atoms with Crippen molar-refractivity contribution in [2.24, 2.45) is 0 Å². The summed E-state index contributed by atoms with van der Waals surface area (Å²) in [6.45, 7) is 0. The standard InChI is InChI=1S/C20H12FN5O3/c21-12-8-6-11(7-9-12)17-23-20(29-25-17)15-16(27)14-10-22-26(18(14)24-19(15)28)13-4-2-1-3-5-13/h1-10H,(H2,24,27,28). The summed E-state index contributed by atoms with van der Waals surface area (Å²) >= 11 is 0. The SMILES string of the molecule is O=c1[nH]c2c(cnn2-c2ccccc2)c(O)c1-c1nc(-c2ccc(F)cc2)no1. The Hall–Kier alpha value is -4.27. The monoisotopic (exact) mass is 389 g/mol. The Kier molecular flexibility index (Phi) is 3.73. The Morgan fingerprint density at radius 1 is 1.07 bits per heavy atom. The van der Waals surface area contributed by atoms with Crippen LogP contribution in [0, 0.1) is 5.82 Å². The Morgan fingerprint density at radius 3 is 2.59 bits per heavy atom. The van der Waals surface area contributed by atoms with Crippen molar-refractivity contribution < 1.29 is 14.0 Å². The zero-order valence-electron chi connectivity index (χ0n) is 14.7. The van der Waals surface area contributed by atoms with Gasteiger partial charge in [-0.1, -0.05) is 23.4 Å². The number of fused-ring (bicyclic) bond motifs is 1. The van der Waals surface area contributed by atoms with Gasteiger partial charge in [0.25, 0.3) is 11.4 Å².